The third kappa shape index (κ3) is 8.86. The molecule has 1 rings (SSSR count). The van der Waals surface area contributed by atoms with Crippen LogP contribution in [0.3, 0.4) is 0 Å². The van der Waals surface area contributed by atoms with E-state index in [2.05, 4.69) is 26.1 Å². The van der Waals surface area contributed by atoms with Gasteiger partial charge in [0, 0.05) is 6.04 Å². The molecule has 126 valence electrons. The second kappa shape index (κ2) is 12.5. The summed E-state index contributed by atoms with van der Waals surface area (Å²) in [4.78, 5) is 0. The summed E-state index contributed by atoms with van der Waals surface area (Å²) in [6.45, 7) is 8.28. The van der Waals surface area contributed by atoms with E-state index in [-0.39, 0.29) is 0 Å². The van der Waals surface area contributed by atoms with Crippen LogP contribution >= 0.6 is 0 Å². The van der Waals surface area contributed by atoms with Crippen molar-refractivity contribution in [1.82, 2.24) is 5.32 Å². The van der Waals surface area contributed by atoms with Gasteiger partial charge in [0.25, 0.3) is 0 Å². The summed E-state index contributed by atoms with van der Waals surface area (Å²) in [6, 6.07) is 0.798. The van der Waals surface area contributed by atoms with Crippen molar-refractivity contribution in [2.75, 3.05) is 6.54 Å². The molecule has 0 aromatic heterocycles. The maximum Gasteiger partial charge on any atom is 0.00671 e. The summed E-state index contributed by atoms with van der Waals surface area (Å²) < 4.78 is 0. The Balaban J connectivity index is 2.20. The molecule has 0 bridgehead atoms. The molecule has 0 amide bonds. The fourth-order valence-corrected chi connectivity index (χ4v) is 3.81. The number of nitrogens with one attached hydrogen (secondary N) is 1. The predicted octanol–water partition coefficient (Wildman–Crippen LogP) is 6.32. The number of hydrogen-bond acceptors (Lipinski definition) is 1. The van der Waals surface area contributed by atoms with Gasteiger partial charge >= 0.3 is 0 Å². The van der Waals surface area contributed by atoms with Gasteiger partial charge in [-0.15, -0.1) is 0 Å². The molecule has 0 atom stereocenters. The van der Waals surface area contributed by atoms with Crippen LogP contribution in [0.1, 0.15) is 104 Å². The molecule has 1 saturated carbocycles. The van der Waals surface area contributed by atoms with Crippen molar-refractivity contribution in [3.8, 4) is 0 Å². The Hall–Kier alpha value is -0.0400. The lowest BCUT2D eigenvalue weighted by Crippen LogP contribution is -2.34. The van der Waals surface area contributed by atoms with Crippen molar-refractivity contribution in [2.24, 2.45) is 11.8 Å². The first-order valence-corrected chi connectivity index (χ1v) is 10.0. The quantitative estimate of drug-likeness (QED) is 0.415. The summed E-state index contributed by atoms with van der Waals surface area (Å²) in [5, 5.41) is 3.94. The van der Waals surface area contributed by atoms with Crippen molar-refractivity contribution >= 4 is 0 Å². The normalized spacial score (nSPS) is 22.9. The average Bonchev–Trinajstić information content (AvgIpc) is 2.53. The summed E-state index contributed by atoms with van der Waals surface area (Å²) in [5.74, 6) is 2.00. The topological polar surface area (TPSA) is 12.0 Å². The lowest BCUT2D eigenvalue weighted by molar-refractivity contribution is 0.252. The van der Waals surface area contributed by atoms with Crippen molar-refractivity contribution in [3.05, 3.63) is 0 Å². The van der Waals surface area contributed by atoms with Gasteiger partial charge in [0.15, 0.2) is 0 Å². The average molecular weight is 296 g/mol. The van der Waals surface area contributed by atoms with Crippen LogP contribution in [0, 0.1) is 11.8 Å². The molecule has 0 aromatic carbocycles. The van der Waals surface area contributed by atoms with E-state index in [0.717, 1.165) is 17.9 Å². The molecular formula is C20H41N. The van der Waals surface area contributed by atoms with Crippen molar-refractivity contribution in [1.29, 1.82) is 0 Å². The van der Waals surface area contributed by atoms with E-state index >= 15 is 0 Å². The molecule has 1 aliphatic rings. The molecule has 0 saturated heterocycles. The largest absolute Gasteiger partial charge is 0.314 e. The lowest BCUT2D eigenvalue weighted by Gasteiger charge is -2.29. The summed E-state index contributed by atoms with van der Waals surface area (Å²) in [5.41, 5.74) is 0. The van der Waals surface area contributed by atoms with Crippen LogP contribution in [-0.4, -0.2) is 12.6 Å². The van der Waals surface area contributed by atoms with Gasteiger partial charge < -0.3 is 5.32 Å². The zero-order chi connectivity index (χ0) is 15.3. The smallest absolute Gasteiger partial charge is 0.00671 e. The first kappa shape index (κ1) is 19.0. The Bertz CT molecular complexity index is 208. The van der Waals surface area contributed by atoms with Gasteiger partial charge in [0.1, 0.15) is 0 Å². The number of rotatable bonds is 12. The SMILES string of the molecule is CCCCCC(CCCCC)NCC1CCC(CC)CC1. The number of unbranched alkanes of at least 4 members (excludes halogenated alkanes) is 4. The fraction of sp³-hybridized carbons (Fsp3) is 1.00. The fourth-order valence-electron chi connectivity index (χ4n) is 3.81. The minimum absolute atomic E-state index is 0.798. The van der Waals surface area contributed by atoms with Crippen LogP contribution in [0.5, 0.6) is 0 Å². The number of hydrogen-bond donors (Lipinski definition) is 1. The minimum Gasteiger partial charge on any atom is -0.314 e. The van der Waals surface area contributed by atoms with Gasteiger partial charge in [-0.05, 0) is 44.1 Å². The maximum absolute atomic E-state index is 3.94. The van der Waals surface area contributed by atoms with Gasteiger partial charge in [-0.3, -0.25) is 0 Å². The highest BCUT2D eigenvalue weighted by molar-refractivity contribution is 4.76. The molecule has 0 spiro atoms. The molecule has 1 fully saturated rings. The Morgan fingerprint density at radius 2 is 1.29 bits per heavy atom. The second-order valence-corrected chi connectivity index (χ2v) is 7.39. The van der Waals surface area contributed by atoms with Crippen molar-refractivity contribution in [3.63, 3.8) is 0 Å². The zero-order valence-electron chi connectivity index (χ0n) is 15.1. The van der Waals surface area contributed by atoms with E-state index in [0.29, 0.717) is 0 Å². The Kier molecular flexibility index (Phi) is 11.3. The van der Waals surface area contributed by atoms with E-state index in [1.54, 1.807) is 0 Å². The van der Waals surface area contributed by atoms with E-state index in [4.69, 9.17) is 0 Å². The van der Waals surface area contributed by atoms with Crippen LogP contribution in [0.15, 0.2) is 0 Å². The van der Waals surface area contributed by atoms with Gasteiger partial charge in [0.05, 0.1) is 0 Å². The van der Waals surface area contributed by atoms with E-state index in [9.17, 15) is 0 Å². The van der Waals surface area contributed by atoms with E-state index < -0.39 is 0 Å². The highest BCUT2D eigenvalue weighted by atomic mass is 14.9. The highest BCUT2D eigenvalue weighted by Gasteiger charge is 2.20. The van der Waals surface area contributed by atoms with Gasteiger partial charge in [0.2, 0.25) is 0 Å². The molecule has 0 aliphatic heterocycles. The first-order chi connectivity index (χ1) is 10.3. The van der Waals surface area contributed by atoms with Gasteiger partial charge in [-0.2, -0.15) is 0 Å². The standard InChI is InChI=1S/C20H41N/c1-4-7-9-11-20(12-10-8-5-2)21-17-19-15-13-18(6-3)14-16-19/h18-21H,4-17H2,1-3H3. The molecule has 21 heavy (non-hydrogen) atoms. The predicted molar refractivity (Wildman–Crippen MR) is 95.8 cm³/mol. The van der Waals surface area contributed by atoms with Crippen LogP contribution in [0.2, 0.25) is 0 Å². The molecule has 1 nitrogen and oxygen atoms in total. The van der Waals surface area contributed by atoms with E-state index in [1.807, 2.05) is 0 Å². The zero-order valence-corrected chi connectivity index (χ0v) is 15.1. The van der Waals surface area contributed by atoms with Crippen LogP contribution in [-0.2, 0) is 0 Å². The monoisotopic (exact) mass is 295 g/mol. The summed E-state index contributed by atoms with van der Waals surface area (Å²) in [6.07, 6.45) is 18.5. The molecule has 1 N–H and O–H groups in total. The molecular weight excluding hydrogens is 254 g/mol. The highest BCUT2D eigenvalue weighted by Crippen LogP contribution is 2.30. The molecule has 1 heteroatoms. The lowest BCUT2D eigenvalue weighted by atomic mass is 9.81. The van der Waals surface area contributed by atoms with Gasteiger partial charge in [-0.25, -0.2) is 0 Å². The summed E-state index contributed by atoms with van der Waals surface area (Å²) in [7, 11) is 0. The molecule has 0 aromatic rings. The summed E-state index contributed by atoms with van der Waals surface area (Å²) >= 11 is 0. The van der Waals surface area contributed by atoms with Crippen LogP contribution in [0.4, 0.5) is 0 Å². The Morgan fingerprint density at radius 1 is 0.762 bits per heavy atom. The molecule has 0 heterocycles. The first-order valence-electron chi connectivity index (χ1n) is 10.0. The van der Waals surface area contributed by atoms with Gasteiger partial charge in [-0.1, -0.05) is 78.6 Å². The Morgan fingerprint density at radius 3 is 1.76 bits per heavy atom. The van der Waals surface area contributed by atoms with Crippen LogP contribution < -0.4 is 5.32 Å². The van der Waals surface area contributed by atoms with Crippen molar-refractivity contribution in [2.45, 2.75) is 110 Å². The molecule has 1 aliphatic carbocycles. The van der Waals surface area contributed by atoms with E-state index in [1.165, 1.54) is 90.0 Å². The second-order valence-electron chi connectivity index (χ2n) is 7.39. The maximum atomic E-state index is 3.94. The van der Waals surface area contributed by atoms with Crippen LogP contribution in [0.25, 0.3) is 0 Å². The molecule has 0 unspecified atom stereocenters. The molecule has 0 radical (unpaired) electrons. The third-order valence-electron chi connectivity index (χ3n) is 5.55. The Labute approximate surface area is 134 Å². The van der Waals surface area contributed by atoms with Crippen molar-refractivity contribution < 1.29 is 0 Å². The third-order valence-corrected chi connectivity index (χ3v) is 5.55. The minimum atomic E-state index is 0.798.